The van der Waals surface area contributed by atoms with Crippen molar-refractivity contribution in [3.05, 3.63) is 50.9 Å². The number of hydrogen-bond acceptors (Lipinski definition) is 6. The van der Waals surface area contributed by atoms with Crippen LogP contribution in [-0.4, -0.2) is 26.9 Å². The van der Waals surface area contributed by atoms with Crippen LogP contribution in [0.25, 0.3) is 17.1 Å². The molecule has 6 nitrogen and oxygen atoms in total. The van der Waals surface area contributed by atoms with Crippen LogP contribution in [0.5, 0.6) is 5.75 Å². The molecule has 106 valence electrons. The number of ether oxygens (including phenoxy) is 1. The van der Waals surface area contributed by atoms with E-state index in [0.717, 1.165) is 11.3 Å². The summed E-state index contributed by atoms with van der Waals surface area (Å²) in [6, 6.07) is 7.66. The van der Waals surface area contributed by atoms with Gasteiger partial charge in [-0.05, 0) is 30.7 Å². The van der Waals surface area contributed by atoms with Crippen molar-refractivity contribution in [1.29, 1.82) is 0 Å². The average Bonchev–Trinajstić information content (AvgIpc) is 2.93. The van der Waals surface area contributed by atoms with Crippen molar-refractivity contribution in [2.75, 3.05) is 7.11 Å². The molecule has 0 N–H and O–H groups in total. The van der Waals surface area contributed by atoms with E-state index in [1.807, 2.05) is 36.4 Å². The van der Waals surface area contributed by atoms with Crippen molar-refractivity contribution in [2.45, 2.75) is 6.92 Å². The summed E-state index contributed by atoms with van der Waals surface area (Å²) >= 11 is 1.31. The first-order valence-corrected chi connectivity index (χ1v) is 7.04. The third-order valence-corrected chi connectivity index (χ3v) is 3.76. The number of methoxy groups -OCH3 is 1. The highest BCUT2D eigenvalue weighted by Gasteiger charge is 2.07. The van der Waals surface area contributed by atoms with E-state index < -0.39 is 0 Å². The molecule has 0 aliphatic heterocycles. The van der Waals surface area contributed by atoms with E-state index in [1.54, 1.807) is 14.0 Å². The molecule has 1 aromatic carbocycles. The van der Waals surface area contributed by atoms with Gasteiger partial charge >= 0.3 is 0 Å². The standard InChI is InChI=1S/C14H12N4O2S/c1-9-13(19)18-14(16-15-9)21-12(17-18)8-5-10-3-6-11(20-2)7-4-10/h3-8H,1-2H3/b8-5-. The maximum Gasteiger partial charge on any atom is 0.296 e. The van der Waals surface area contributed by atoms with Crippen molar-refractivity contribution < 1.29 is 4.74 Å². The lowest BCUT2D eigenvalue weighted by atomic mass is 10.2. The van der Waals surface area contributed by atoms with E-state index in [-0.39, 0.29) is 5.56 Å². The summed E-state index contributed by atoms with van der Waals surface area (Å²) in [6.45, 7) is 1.62. The molecule has 0 bridgehead atoms. The van der Waals surface area contributed by atoms with Crippen LogP contribution in [0.15, 0.2) is 29.1 Å². The first-order chi connectivity index (χ1) is 10.2. The lowest BCUT2D eigenvalue weighted by Gasteiger charge is -1.98. The second kappa shape index (κ2) is 5.45. The van der Waals surface area contributed by atoms with Gasteiger partial charge in [-0.25, -0.2) is 0 Å². The topological polar surface area (TPSA) is 69.4 Å². The van der Waals surface area contributed by atoms with Gasteiger partial charge in [0.1, 0.15) is 16.5 Å². The molecule has 0 fully saturated rings. The second-order valence-corrected chi connectivity index (χ2v) is 5.32. The van der Waals surface area contributed by atoms with E-state index in [9.17, 15) is 4.79 Å². The molecule has 0 atom stereocenters. The summed E-state index contributed by atoms with van der Waals surface area (Å²) in [5.41, 5.74) is 1.12. The average molecular weight is 300 g/mol. The Morgan fingerprint density at radius 1 is 1.19 bits per heavy atom. The number of fused-ring (bicyclic) bond motifs is 1. The van der Waals surface area contributed by atoms with Crippen molar-refractivity contribution >= 4 is 28.4 Å². The molecule has 3 aromatic rings. The first-order valence-electron chi connectivity index (χ1n) is 6.22. The SMILES string of the molecule is COc1ccc(/C=C\c2nn3c(=O)c(C)nnc3s2)cc1. The second-order valence-electron chi connectivity index (χ2n) is 4.33. The largest absolute Gasteiger partial charge is 0.497 e. The zero-order valence-corrected chi connectivity index (χ0v) is 12.3. The van der Waals surface area contributed by atoms with Gasteiger partial charge in [-0.3, -0.25) is 4.79 Å². The molecule has 0 aliphatic rings. The van der Waals surface area contributed by atoms with Crippen molar-refractivity contribution in [3.63, 3.8) is 0 Å². The molecule has 0 saturated carbocycles. The highest BCUT2D eigenvalue weighted by Crippen LogP contribution is 2.16. The summed E-state index contributed by atoms with van der Waals surface area (Å²) in [6.07, 6.45) is 3.76. The smallest absolute Gasteiger partial charge is 0.296 e. The van der Waals surface area contributed by atoms with Crippen LogP contribution in [0.1, 0.15) is 16.3 Å². The fraction of sp³-hybridized carbons (Fsp3) is 0.143. The number of hydrogen-bond donors (Lipinski definition) is 0. The molecule has 3 rings (SSSR count). The van der Waals surface area contributed by atoms with Crippen LogP contribution in [0.3, 0.4) is 0 Å². The van der Waals surface area contributed by atoms with Gasteiger partial charge in [0.25, 0.3) is 5.56 Å². The summed E-state index contributed by atoms with van der Waals surface area (Å²) in [4.78, 5) is 12.3. The summed E-state index contributed by atoms with van der Waals surface area (Å²) in [5.74, 6) is 0.810. The molecule has 0 saturated heterocycles. The van der Waals surface area contributed by atoms with Gasteiger partial charge in [0.2, 0.25) is 4.96 Å². The zero-order chi connectivity index (χ0) is 14.8. The highest BCUT2D eigenvalue weighted by molar-refractivity contribution is 7.17. The van der Waals surface area contributed by atoms with Crippen LogP contribution in [0, 0.1) is 6.92 Å². The van der Waals surface area contributed by atoms with E-state index in [4.69, 9.17) is 4.74 Å². The maximum absolute atomic E-state index is 11.9. The van der Waals surface area contributed by atoms with Crippen LogP contribution in [-0.2, 0) is 0 Å². The lowest BCUT2D eigenvalue weighted by molar-refractivity contribution is 0.415. The molecule has 0 unspecified atom stereocenters. The molecule has 2 heterocycles. The van der Waals surface area contributed by atoms with Gasteiger partial charge < -0.3 is 4.74 Å². The van der Waals surface area contributed by atoms with Gasteiger partial charge in [-0.2, -0.15) is 9.61 Å². The first kappa shape index (κ1) is 13.4. The summed E-state index contributed by atoms with van der Waals surface area (Å²) in [5, 5.41) is 12.7. The Labute approximate surface area is 124 Å². The van der Waals surface area contributed by atoms with E-state index >= 15 is 0 Å². The Morgan fingerprint density at radius 3 is 2.67 bits per heavy atom. The Morgan fingerprint density at radius 2 is 1.95 bits per heavy atom. The molecule has 2 aromatic heterocycles. The minimum atomic E-state index is -0.236. The van der Waals surface area contributed by atoms with Crippen molar-refractivity contribution in [2.24, 2.45) is 0 Å². The normalized spacial score (nSPS) is 11.3. The molecular weight excluding hydrogens is 288 g/mol. The minimum absolute atomic E-state index is 0.236. The molecule has 0 radical (unpaired) electrons. The predicted octanol–water partition coefficient (Wildman–Crippen LogP) is 2.03. The molecule has 0 aliphatic carbocycles. The van der Waals surface area contributed by atoms with E-state index in [1.165, 1.54) is 15.9 Å². The number of aryl methyl sites for hydroxylation is 1. The Hall–Kier alpha value is -2.54. The van der Waals surface area contributed by atoms with Crippen LogP contribution >= 0.6 is 11.3 Å². The maximum atomic E-state index is 11.9. The number of nitrogens with zero attached hydrogens (tertiary/aromatic N) is 4. The predicted molar refractivity (Wildman–Crippen MR) is 81.6 cm³/mol. The molecule has 0 spiro atoms. The van der Waals surface area contributed by atoms with Gasteiger partial charge in [-0.15, -0.1) is 10.2 Å². The summed E-state index contributed by atoms with van der Waals surface area (Å²) < 4.78 is 6.39. The third kappa shape index (κ3) is 2.68. The van der Waals surface area contributed by atoms with Gasteiger partial charge in [-0.1, -0.05) is 29.5 Å². The van der Waals surface area contributed by atoms with E-state index in [0.29, 0.717) is 15.7 Å². The van der Waals surface area contributed by atoms with Crippen LogP contribution in [0.2, 0.25) is 0 Å². The monoisotopic (exact) mass is 300 g/mol. The van der Waals surface area contributed by atoms with Crippen LogP contribution < -0.4 is 10.3 Å². The zero-order valence-electron chi connectivity index (χ0n) is 11.5. The van der Waals surface area contributed by atoms with Gasteiger partial charge in [0, 0.05) is 0 Å². The Balaban J connectivity index is 1.92. The summed E-state index contributed by atoms with van der Waals surface area (Å²) in [7, 11) is 1.63. The number of benzene rings is 1. The lowest BCUT2D eigenvalue weighted by Crippen LogP contribution is -2.19. The minimum Gasteiger partial charge on any atom is -0.497 e. The fourth-order valence-electron chi connectivity index (χ4n) is 1.76. The van der Waals surface area contributed by atoms with E-state index in [2.05, 4.69) is 15.3 Å². The van der Waals surface area contributed by atoms with Crippen molar-refractivity contribution in [1.82, 2.24) is 19.8 Å². The molecule has 21 heavy (non-hydrogen) atoms. The molecule has 7 heteroatoms. The highest BCUT2D eigenvalue weighted by atomic mass is 32.1. The number of aromatic nitrogens is 4. The van der Waals surface area contributed by atoms with Crippen LogP contribution in [0.4, 0.5) is 0 Å². The van der Waals surface area contributed by atoms with Crippen molar-refractivity contribution in [3.8, 4) is 5.75 Å². The Bertz CT molecular complexity index is 865. The Kier molecular flexibility index (Phi) is 3.49. The third-order valence-electron chi connectivity index (χ3n) is 2.90. The quantitative estimate of drug-likeness (QED) is 0.740. The number of rotatable bonds is 3. The fourth-order valence-corrected chi connectivity index (χ4v) is 2.49. The van der Waals surface area contributed by atoms with Gasteiger partial charge in [0.15, 0.2) is 0 Å². The molecular formula is C14H12N4O2S. The molecule has 0 amide bonds. The van der Waals surface area contributed by atoms with Gasteiger partial charge in [0.05, 0.1) is 7.11 Å².